The van der Waals surface area contributed by atoms with Gasteiger partial charge in [-0.2, -0.15) is 0 Å². The van der Waals surface area contributed by atoms with Gasteiger partial charge in [0.2, 0.25) is 5.91 Å². The van der Waals surface area contributed by atoms with E-state index in [1.54, 1.807) is 35.6 Å². The predicted octanol–water partition coefficient (Wildman–Crippen LogP) is 1.68. The van der Waals surface area contributed by atoms with Crippen LogP contribution in [0.2, 0.25) is 0 Å². The average molecular weight is 281 g/mol. The Morgan fingerprint density at radius 1 is 1.50 bits per heavy atom. The van der Waals surface area contributed by atoms with Crippen LogP contribution in [0.5, 0.6) is 0 Å². The molecule has 6 heteroatoms. The second kappa shape index (κ2) is 4.89. The van der Waals surface area contributed by atoms with E-state index >= 15 is 0 Å². The molecule has 0 saturated carbocycles. The molecule has 0 bridgehead atoms. The van der Waals surface area contributed by atoms with Crippen LogP contribution < -0.4 is 5.32 Å². The van der Waals surface area contributed by atoms with Crippen molar-refractivity contribution in [2.45, 2.75) is 6.54 Å². The van der Waals surface area contributed by atoms with Crippen LogP contribution in [0.4, 0.5) is 5.82 Å². The van der Waals surface area contributed by atoms with Crippen molar-refractivity contribution in [1.82, 2.24) is 14.5 Å². The molecule has 0 fully saturated rings. The number of aromatic nitrogens is 3. The summed E-state index contributed by atoms with van der Waals surface area (Å²) < 4.78 is 2.56. The van der Waals surface area contributed by atoms with Crippen molar-refractivity contribution in [3.05, 3.63) is 41.5 Å². The van der Waals surface area contributed by atoms with Crippen molar-refractivity contribution in [2.75, 3.05) is 5.32 Å². The molecule has 1 amide bonds. The summed E-state index contributed by atoms with van der Waals surface area (Å²) in [7, 11) is 0. The standard InChI is InChI=1S/C10H9BrN4O/c11-8-1-2-9(13-5-8)14-10(16)6-15-4-3-12-7-15/h1-5,7H,6H2,(H,13,14,16). The number of hydrogen-bond acceptors (Lipinski definition) is 3. The zero-order valence-corrected chi connectivity index (χ0v) is 9.89. The highest BCUT2D eigenvalue weighted by atomic mass is 79.9. The van der Waals surface area contributed by atoms with Gasteiger partial charge in [0.1, 0.15) is 12.4 Å². The van der Waals surface area contributed by atoms with E-state index in [-0.39, 0.29) is 12.5 Å². The lowest BCUT2D eigenvalue weighted by Crippen LogP contribution is -2.18. The molecule has 0 spiro atoms. The van der Waals surface area contributed by atoms with Gasteiger partial charge in [-0.3, -0.25) is 4.79 Å². The summed E-state index contributed by atoms with van der Waals surface area (Å²) in [5, 5.41) is 2.69. The molecule has 0 aliphatic rings. The van der Waals surface area contributed by atoms with Crippen LogP contribution >= 0.6 is 15.9 Å². The van der Waals surface area contributed by atoms with Gasteiger partial charge in [-0.25, -0.2) is 9.97 Å². The molecule has 2 aromatic rings. The molecule has 0 radical (unpaired) electrons. The topological polar surface area (TPSA) is 59.8 Å². The molecule has 0 saturated heterocycles. The maximum absolute atomic E-state index is 11.6. The summed E-state index contributed by atoms with van der Waals surface area (Å²) in [4.78, 5) is 19.5. The van der Waals surface area contributed by atoms with Crippen LogP contribution in [-0.2, 0) is 11.3 Å². The number of carbonyl (C=O) groups excluding carboxylic acids is 1. The summed E-state index contributed by atoms with van der Waals surface area (Å²) in [5.41, 5.74) is 0. The Labute approximate surface area is 101 Å². The summed E-state index contributed by atoms with van der Waals surface area (Å²) in [6, 6.07) is 3.55. The van der Waals surface area contributed by atoms with Crippen LogP contribution in [-0.4, -0.2) is 20.4 Å². The predicted molar refractivity (Wildman–Crippen MR) is 62.8 cm³/mol. The fourth-order valence-electron chi connectivity index (χ4n) is 1.18. The van der Waals surface area contributed by atoms with Gasteiger partial charge in [0.15, 0.2) is 0 Å². The van der Waals surface area contributed by atoms with Crippen LogP contribution in [0.1, 0.15) is 0 Å². The summed E-state index contributed by atoms with van der Waals surface area (Å²) in [5.74, 6) is 0.404. The Kier molecular flexibility index (Phi) is 3.31. The Bertz CT molecular complexity index is 466. The number of carbonyl (C=O) groups is 1. The molecular weight excluding hydrogens is 272 g/mol. The second-order valence-electron chi connectivity index (χ2n) is 3.14. The Morgan fingerprint density at radius 2 is 2.38 bits per heavy atom. The largest absolute Gasteiger partial charge is 0.328 e. The minimum atomic E-state index is -0.132. The molecule has 0 aliphatic heterocycles. The number of pyridine rings is 1. The quantitative estimate of drug-likeness (QED) is 0.931. The van der Waals surface area contributed by atoms with Gasteiger partial charge in [-0.15, -0.1) is 0 Å². The zero-order chi connectivity index (χ0) is 11.4. The van der Waals surface area contributed by atoms with Crippen LogP contribution in [0.25, 0.3) is 0 Å². The van der Waals surface area contributed by atoms with E-state index in [2.05, 4.69) is 31.2 Å². The number of amides is 1. The van der Waals surface area contributed by atoms with E-state index in [1.807, 2.05) is 6.07 Å². The highest BCUT2D eigenvalue weighted by Gasteiger charge is 2.03. The first kappa shape index (κ1) is 10.8. The van der Waals surface area contributed by atoms with Gasteiger partial charge in [-0.05, 0) is 28.1 Å². The molecule has 2 rings (SSSR count). The third-order valence-electron chi connectivity index (χ3n) is 1.88. The first-order chi connectivity index (χ1) is 7.74. The Balaban J connectivity index is 1.95. The van der Waals surface area contributed by atoms with Crippen molar-refractivity contribution in [3.63, 3.8) is 0 Å². The zero-order valence-electron chi connectivity index (χ0n) is 8.30. The lowest BCUT2D eigenvalue weighted by molar-refractivity contribution is -0.116. The normalized spacial score (nSPS) is 10.1. The molecule has 0 atom stereocenters. The smallest absolute Gasteiger partial charge is 0.245 e. The molecular formula is C10H9BrN4O. The number of nitrogens with zero attached hydrogens (tertiary/aromatic N) is 3. The maximum atomic E-state index is 11.6. The SMILES string of the molecule is O=C(Cn1ccnc1)Nc1ccc(Br)cn1. The van der Waals surface area contributed by atoms with Crippen molar-refractivity contribution in [1.29, 1.82) is 0 Å². The fourth-order valence-corrected chi connectivity index (χ4v) is 1.41. The summed E-state index contributed by atoms with van der Waals surface area (Å²) >= 11 is 3.27. The average Bonchev–Trinajstić information content (AvgIpc) is 2.74. The Hall–Kier alpha value is -1.69. The van der Waals surface area contributed by atoms with Crippen LogP contribution in [0.15, 0.2) is 41.5 Å². The van der Waals surface area contributed by atoms with Crippen molar-refractivity contribution in [2.24, 2.45) is 0 Å². The molecule has 5 nitrogen and oxygen atoms in total. The van der Waals surface area contributed by atoms with E-state index in [1.165, 1.54) is 0 Å². The number of anilines is 1. The second-order valence-corrected chi connectivity index (χ2v) is 4.06. The number of rotatable bonds is 3. The number of halogens is 1. The van der Waals surface area contributed by atoms with Gasteiger partial charge in [0.25, 0.3) is 0 Å². The van der Waals surface area contributed by atoms with Crippen LogP contribution in [0.3, 0.4) is 0 Å². The molecule has 82 valence electrons. The maximum Gasteiger partial charge on any atom is 0.245 e. The van der Waals surface area contributed by atoms with E-state index < -0.39 is 0 Å². The first-order valence-corrected chi connectivity index (χ1v) is 5.40. The van der Waals surface area contributed by atoms with E-state index in [4.69, 9.17) is 0 Å². The van der Waals surface area contributed by atoms with Gasteiger partial charge < -0.3 is 9.88 Å². The molecule has 0 unspecified atom stereocenters. The first-order valence-electron chi connectivity index (χ1n) is 4.61. The number of nitrogens with one attached hydrogen (secondary N) is 1. The fraction of sp³-hybridized carbons (Fsp3) is 0.100. The molecule has 2 heterocycles. The van der Waals surface area contributed by atoms with E-state index in [9.17, 15) is 4.79 Å². The third kappa shape index (κ3) is 2.90. The van der Waals surface area contributed by atoms with Gasteiger partial charge in [0.05, 0.1) is 6.33 Å². The van der Waals surface area contributed by atoms with E-state index in [0.29, 0.717) is 5.82 Å². The highest BCUT2D eigenvalue weighted by Crippen LogP contribution is 2.10. The molecule has 0 aliphatic carbocycles. The van der Waals surface area contributed by atoms with Crippen LogP contribution in [0, 0.1) is 0 Å². The van der Waals surface area contributed by atoms with E-state index in [0.717, 1.165) is 4.47 Å². The lowest BCUT2D eigenvalue weighted by Gasteiger charge is -2.04. The van der Waals surface area contributed by atoms with Crippen molar-refractivity contribution < 1.29 is 4.79 Å². The molecule has 16 heavy (non-hydrogen) atoms. The summed E-state index contributed by atoms with van der Waals surface area (Å²) in [6.07, 6.45) is 6.58. The molecule has 0 aromatic carbocycles. The van der Waals surface area contributed by atoms with Gasteiger partial charge in [-0.1, -0.05) is 0 Å². The third-order valence-corrected chi connectivity index (χ3v) is 2.35. The summed E-state index contributed by atoms with van der Waals surface area (Å²) in [6.45, 7) is 0.234. The number of imidazole rings is 1. The monoisotopic (exact) mass is 280 g/mol. The minimum Gasteiger partial charge on any atom is -0.328 e. The minimum absolute atomic E-state index is 0.132. The lowest BCUT2D eigenvalue weighted by atomic mass is 10.4. The molecule has 1 N–H and O–H groups in total. The Morgan fingerprint density at radius 3 is 3.00 bits per heavy atom. The van der Waals surface area contributed by atoms with Gasteiger partial charge >= 0.3 is 0 Å². The van der Waals surface area contributed by atoms with Crippen molar-refractivity contribution >= 4 is 27.7 Å². The van der Waals surface area contributed by atoms with Crippen molar-refractivity contribution in [3.8, 4) is 0 Å². The van der Waals surface area contributed by atoms with Gasteiger partial charge in [0, 0.05) is 23.1 Å². The number of hydrogen-bond donors (Lipinski definition) is 1. The molecule has 2 aromatic heterocycles. The highest BCUT2D eigenvalue weighted by molar-refractivity contribution is 9.10.